The Kier molecular flexibility index (Phi) is 10.0. The zero-order valence-corrected chi connectivity index (χ0v) is 22.3. The summed E-state index contributed by atoms with van der Waals surface area (Å²) >= 11 is 3.46. The lowest BCUT2D eigenvalue weighted by atomic mass is 10.1. The van der Waals surface area contributed by atoms with Crippen LogP contribution in [0.1, 0.15) is 40.4 Å². The van der Waals surface area contributed by atoms with E-state index in [1.165, 1.54) is 0 Å². The molecule has 0 bridgehead atoms. The quantitative estimate of drug-likeness (QED) is 0.162. The largest absolute Gasteiger partial charge is 0.490 e. The van der Waals surface area contributed by atoms with E-state index in [0.717, 1.165) is 32.4 Å². The predicted molar refractivity (Wildman–Crippen MR) is 146 cm³/mol. The van der Waals surface area contributed by atoms with Crippen molar-refractivity contribution in [2.24, 2.45) is 5.10 Å². The third-order valence-corrected chi connectivity index (χ3v) is 5.67. The van der Waals surface area contributed by atoms with Crippen LogP contribution in [0.3, 0.4) is 0 Å². The molecule has 0 aliphatic carbocycles. The fraction of sp³-hybridized carbons (Fsp3) is 0.250. The number of nitrogens with one attached hydrogen (secondary N) is 1. The molecule has 1 N–H and O–H groups in total. The first-order chi connectivity index (χ1) is 17.5. The molecule has 0 atom stereocenters. The van der Waals surface area contributed by atoms with Crippen LogP contribution in [0, 0.1) is 18.3 Å². The summed E-state index contributed by atoms with van der Waals surface area (Å²) in [5.41, 5.74) is 7.61. The van der Waals surface area contributed by atoms with Crippen molar-refractivity contribution in [3.63, 3.8) is 0 Å². The molecule has 0 spiro atoms. The molecule has 186 valence electrons. The van der Waals surface area contributed by atoms with E-state index in [2.05, 4.69) is 44.1 Å². The third kappa shape index (κ3) is 7.17. The number of aromatic nitrogens is 1. The molecular formula is C28H29BrN4O3. The molecule has 7 nitrogen and oxygen atoms in total. The van der Waals surface area contributed by atoms with Crippen LogP contribution in [0.5, 0.6) is 11.5 Å². The van der Waals surface area contributed by atoms with Crippen molar-refractivity contribution in [3.05, 3.63) is 93.1 Å². The number of methoxy groups -OCH3 is 1. The fourth-order valence-corrected chi connectivity index (χ4v) is 3.88. The van der Waals surface area contributed by atoms with E-state index in [1.807, 2.05) is 62.4 Å². The van der Waals surface area contributed by atoms with E-state index in [1.54, 1.807) is 13.3 Å². The van der Waals surface area contributed by atoms with Crippen LogP contribution in [0.2, 0.25) is 0 Å². The number of hydrogen-bond donors (Lipinski definition) is 1. The topological polar surface area (TPSA) is 88.8 Å². The maximum atomic E-state index is 9.62. The van der Waals surface area contributed by atoms with Gasteiger partial charge in [0.05, 0.1) is 19.4 Å². The van der Waals surface area contributed by atoms with Crippen molar-refractivity contribution in [3.8, 4) is 17.6 Å². The van der Waals surface area contributed by atoms with Gasteiger partial charge in [0.1, 0.15) is 18.2 Å². The first-order valence-electron chi connectivity index (χ1n) is 11.5. The molecule has 1 heterocycles. The van der Waals surface area contributed by atoms with Gasteiger partial charge in [-0.15, -0.1) is 6.58 Å². The van der Waals surface area contributed by atoms with Gasteiger partial charge in [0.2, 0.25) is 0 Å². The van der Waals surface area contributed by atoms with E-state index in [0.29, 0.717) is 49.1 Å². The average molecular weight is 549 g/mol. The molecule has 1 aromatic heterocycles. The zero-order valence-electron chi connectivity index (χ0n) is 20.7. The van der Waals surface area contributed by atoms with E-state index in [-0.39, 0.29) is 0 Å². The number of nitrogens with zero attached hydrogens (tertiary/aromatic N) is 3. The minimum atomic E-state index is 0.314. The summed E-state index contributed by atoms with van der Waals surface area (Å²) in [6, 6.07) is 15.9. The Labute approximate surface area is 220 Å². The number of allylic oxidation sites excluding steroid dienone is 1. The molecule has 36 heavy (non-hydrogen) atoms. The first-order valence-corrected chi connectivity index (χ1v) is 12.2. The van der Waals surface area contributed by atoms with Crippen LogP contribution in [0.4, 0.5) is 5.82 Å². The monoisotopic (exact) mass is 548 g/mol. The molecule has 8 heteroatoms. The molecule has 0 radical (unpaired) electrons. The van der Waals surface area contributed by atoms with Gasteiger partial charge < -0.3 is 14.2 Å². The van der Waals surface area contributed by atoms with Gasteiger partial charge in [0.15, 0.2) is 17.3 Å². The molecule has 0 aliphatic rings. The molecule has 0 saturated carbocycles. The molecule has 0 fully saturated rings. The molecular weight excluding hydrogens is 520 g/mol. The van der Waals surface area contributed by atoms with Crippen molar-refractivity contribution >= 4 is 28.0 Å². The Balaban J connectivity index is 1.88. The summed E-state index contributed by atoms with van der Waals surface area (Å²) in [5, 5.41) is 14.0. The van der Waals surface area contributed by atoms with E-state index < -0.39 is 0 Å². The van der Waals surface area contributed by atoms with Crippen molar-refractivity contribution in [2.45, 2.75) is 33.5 Å². The SMILES string of the molecule is C=CCc1cc(C=NNc2nc(C)cc(COC)c2C#N)cc(OCC)c1OCc1ccc(Br)cc1. The number of nitriles is 1. The molecule has 3 rings (SSSR count). The lowest BCUT2D eigenvalue weighted by Gasteiger charge is -2.17. The van der Waals surface area contributed by atoms with E-state index in [9.17, 15) is 5.26 Å². The number of anilines is 1. The molecule has 0 unspecified atom stereocenters. The fourth-order valence-electron chi connectivity index (χ4n) is 3.61. The Hall–Kier alpha value is -3.67. The number of benzene rings is 2. The Morgan fingerprint density at radius 2 is 1.92 bits per heavy atom. The normalized spacial score (nSPS) is 10.8. The van der Waals surface area contributed by atoms with Gasteiger partial charge in [0.25, 0.3) is 0 Å². The number of aryl methyl sites for hydroxylation is 1. The van der Waals surface area contributed by atoms with Crippen molar-refractivity contribution in [2.75, 3.05) is 19.1 Å². The number of hydrogen-bond acceptors (Lipinski definition) is 7. The van der Waals surface area contributed by atoms with Crippen molar-refractivity contribution in [1.82, 2.24) is 4.98 Å². The van der Waals surface area contributed by atoms with Gasteiger partial charge in [-0.25, -0.2) is 4.98 Å². The van der Waals surface area contributed by atoms with Gasteiger partial charge in [-0.05, 0) is 61.7 Å². The lowest BCUT2D eigenvalue weighted by Crippen LogP contribution is -2.05. The van der Waals surface area contributed by atoms with Crippen LogP contribution in [0.25, 0.3) is 0 Å². The van der Waals surface area contributed by atoms with Crippen LogP contribution >= 0.6 is 15.9 Å². The first kappa shape index (κ1) is 26.9. The van der Waals surface area contributed by atoms with Crippen molar-refractivity contribution in [1.29, 1.82) is 5.26 Å². The molecule has 0 aliphatic heterocycles. The highest BCUT2D eigenvalue weighted by atomic mass is 79.9. The molecule has 0 saturated heterocycles. The Morgan fingerprint density at radius 1 is 1.14 bits per heavy atom. The molecule has 3 aromatic rings. The summed E-state index contributed by atoms with van der Waals surface area (Å²) in [6.07, 6.45) is 4.09. The Morgan fingerprint density at radius 3 is 2.58 bits per heavy atom. The number of ether oxygens (including phenoxy) is 3. The smallest absolute Gasteiger partial charge is 0.165 e. The molecule has 2 aromatic carbocycles. The van der Waals surface area contributed by atoms with E-state index in [4.69, 9.17) is 14.2 Å². The Bertz CT molecular complexity index is 1270. The van der Waals surface area contributed by atoms with Crippen LogP contribution in [-0.4, -0.2) is 24.9 Å². The van der Waals surface area contributed by atoms with Gasteiger partial charge in [0, 0.05) is 28.4 Å². The average Bonchev–Trinajstić information content (AvgIpc) is 2.85. The maximum absolute atomic E-state index is 9.62. The second-order valence-electron chi connectivity index (χ2n) is 7.91. The van der Waals surface area contributed by atoms with Crippen LogP contribution in [-0.2, 0) is 24.4 Å². The third-order valence-electron chi connectivity index (χ3n) is 5.14. The second kappa shape index (κ2) is 13.4. The number of hydrazone groups is 1. The highest BCUT2D eigenvalue weighted by Crippen LogP contribution is 2.34. The minimum Gasteiger partial charge on any atom is -0.490 e. The maximum Gasteiger partial charge on any atom is 0.165 e. The van der Waals surface area contributed by atoms with Gasteiger partial charge in [-0.2, -0.15) is 10.4 Å². The zero-order chi connectivity index (χ0) is 25.9. The number of pyridine rings is 1. The lowest BCUT2D eigenvalue weighted by molar-refractivity contribution is 0.184. The standard InChI is InChI=1S/C28H29BrN4O3/c1-5-7-22-13-21(16-31-33-28-25(15-30)23(18-34-4)12-19(3)32-28)14-26(35-6-2)27(22)36-17-20-8-10-24(29)11-9-20/h5,8-14,16H,1,6-7,17-18H2,2-4H3,(H,32,33). The predicted octanol–water partition coefficient (Wildman–Crippen LogP) is 6.32. The van der Waals surface area contributed by atoms with Crippen LogP contribution in [0.15, 0.2) is 64.7 Å². The summed E-state index contributed by atoms with van der Waals surface area (Å²) in [6.45, 7) is 8.89. The van der Waals surface area contributed by atoms with Gasteiger partial charge in [-0.3, -0.25) is 5.43 Å². The number of rotatable bonds is 12. The minimum absolute atomic E-state index is 0.314. The van der Waals surface area contributed by atoms with Crippen molar-refractivity contribution < 1.29 is 14.2 Å². The summed E-state index contributed by atoms with van der Waals surface area (Å²) in [7, 11) is 1.59. The highest BCUT2D eigenvalue weighted by Gasteiger charge is 2.14. The summed E-state index contributed by atoms with van der Waals surface area (Å²) in [5.74, 6) is 1.69. The van der Waals surface area contributed by atoms with Gasteiger partial charge in [-0.1, -0.05) is 34.1 Å². The highest BCUT2D eigenvalue weighted by molar-refractivity contribution is 9.10. The number of halogens is 1. The summed E-state index contributed by atoms with van der Waals surface area (Å²) in [4.78, 5) is 4.42. The molecule has 0 amide bonds. The van der Waals surface area contributed by atoms with E-state index >= 15 is 0 Å². The van der Waals surface area contributed by atoms with Crippen LogP contribution < -0.4 is 14.9 Å². The summed E-state index contributed by atoms with van der Waals surface area (Å²) < 4.78 is 18.3. The second-order valence-corrected chi connectivity index (χ2v) is 8.83. The van der Waals surface area contributed by atoms with Gasteiger partial charge >= 0.3 is 0 Å².